The first-order valence-electron chi connectivity index (χ1n) is 6.17. The van der Waals surface area contributed by atoms with Crippen LogP contribution in [0.5, 0.6) is 0 Å². The van der Waals surface area contributed by atoms with Crippen molar-refractivity contribution in [1.29, 1.82) is 0 Å². The van der Waals surface area contributed by atoms with Crippen LogP contribution in [0.1, 0.15) is 48.0 Å². The zero-order chi connectivity index (χ0) is 14.6. The van der Waals surface area contributed by atoms with Crippen LogP contribution in [0.2, 0.25) is 0 Å². The summed E-state index contributed by atoms with van der Waals surface area (Å²) in [4.78, 5) is 20.6. The first-order chi connectivity index (χ1) is 8.29. The molecule has 0 aliphatic heterocycles. The highest BCUT2D eigenvalue weighted by Gasteiger charge is 2.03. The maximum Gasteiger partial charge on any atom is 0.650 e. The summed E-state index contributed by atoms with van der Waals surface area (Å²) in [7, 11) is 0. The highest BCUT2D eigenvalue weighted by molar-refractivity contribution is 6.18. The standard InChI is InChI=1S/C6H10O3.2C3H7O.Al.H/c1-3-9-6(8)4-5(2)7;2*1-3(2)4;;/h3-4H2,1-2H3;2*3H,1-2H3;;/q;2*-1;+2;. The Bertz CT molecular complexity index is 221. The van der Waals surface area contributed by atoms with Crippen molar-refractivity contribution in [3.8, 4) is 0 Å². The van der Waals surface area contributed by atoms with Crippen molar-refractivity contribution >= 4 is 27.6 Å². The van der Waals surface area contributed by atoms with E-state index in [4.69, 9.17) is 7.58 Å². The van der Waals surface area contributed by atoms with Gasteiger partial charge in [-0.2, -0.15) is 0 Å². The first kappa shape index (κ1) is 19.9. The van der Waals surface area contributed by atoms with E-state index in [0.29, 0.717) is 18.8 Å². The van der Waals surface area contributed by atoms with Crippen LogP contribution in [0.4, 0.5) is 0 Å². The molecule has 6 heteroatoms. The lowest BCUT2D eigenvalue weighted by atomic mass is 10.3. The molecule has 0 aliphatic carbocycles. The van der Waals surface area contributed by atoms with Crippen LogP contribution in [-0.2, 0) is 21.9 Å². The molecule has 0 amide bonds. The van der Waals surface area contributed by atoms with Gasteiger partial charge in [0.1, 0.15) is 12.2 Å². The third-order valence-electron chi connectivity index (χ3n) is 1.50. The molecule has 0 rings (SSSR count). The summed E-state index contributed by atoms with van der Waals surface area (Å²) in [6.07, 6.45) is 0.555. The fraction of sp³-hybridized carbons (Fsp3) is 0.833. The predicted octanol–water partition coefficient (Wildman–Crippen LogP) is 1.63. The lowest BCUT2D eigenvalue weighted by Gasteiger charge is -2.09. The van der Waals surface area contributed by atoms with E-state index in [-0.39, 0.29) is 12.2 Å². The van der Waals surface area contributed by atoms with Gasteiger partial charge < -0.3 is 12.3 Å². The molecule has 0 heterocycles. The normalized spacial score (nSPS) is 9.78. The van der Waals surface area contributed by atoms with Crippen molar-refractivity contribution in [2.45, 2.75) is 60.2 Å². The van der Waals surface area contributed by atoms with Crippen LogP contribution in [0.25, 0.3) is 0 Å². The molecule has 106 valence electrons. The van der Waals surface area contributed by atoms with Gasteiger partial charge in [-0.1, -0.05) is 0 Å². The van der Waals surface area contributed by atoms with Crippen molar-refractivity contribution in [2.75, 3.05) is 6.61 Å². The molecule has 0 aromatic rings. The Kier molecular flexibility index (Phi) is 14.4. The molecular weight excluding hydrogens is 251 g/mol. The molecule has 0 saturated carbocycles. The summed E-state index contributed by atoms with van der Waals surface area (Å²) in [5.41, 5.74) is 0. The van der Waals surface area contributed by atoms with Crippen molar-refractivity contribution in [1.82, 2.24) is 0 Å². The molecule has 5 nitrogen and oxygen atoms in total. The highest BCUT2D eigenvalue weighted by atomic mass is 27.2. The van der Waals surface area contributed by atoms with Crippen LogP contribution in [0.15, 0.2) is 0 Å². The summed E-state index contributed by atoms with van der Waals surface area (Å²) in [5.74, 6) is -0.599. The number of Topliss-reactive ketones (excluding diaryl/α,β-unsaturated/α-hetero) is 1. The smallest absolute Gasteiger partial charge is 0.479 e. The van der Waals surface area contributed by atoms with Crippen LogP contribution in [0, 0.1) is 0 Å². The summed E-state index contributed by atoms with van der Waals surface area (Å²) in [6, 6.07) is 0. The van der Waals surface area contributed by atoms with Gasteiger partial charge in [-0.3, -0.25) is 9.59 Å². The number of carbonyl (C=O) groups excluding carboxylic acids is 2. The molecule has 0 aromatic heterocycles. The van der Waals surface area contributed by atoms with Gasteiger partial charge in [-0.15, -0.1) is 0 Å². The average molecular weight is 276 g/mol. The Balaban J connectivity index is 0. The van der Waals surface area contributed by atoms with E-state index in [9.17, 15) is 9.59 Å². The molecule has 0 unspecified atom stereocenters. The molecule has 0 spiro atoms. The molecule has 0 aliphatic rings. The molecular formula is C12H25AlO5. The Morgan fingerprint density at radius 3 is 1.78 bits per heavy atom. The first-order valence-corrected chi connectivity index (χ1v) is 7.33. The number of ether oxygens (including phenoxy) is 1. The van der Waals surface area contributed by atoms with Gasteiger partial charge in [0, 0.05) is 12.2 Å². The van der Waals surface area contributed by atoms with Gasteiger partial charge in [0.15, 0.2) is 0 Å². The zero-order valence-electron chi connectivity index (χ0n) is 12.3. The highest BCUT2D eigenvalue weighted by Crippen LogP contribution is 1.89. The summed E-state index contributed by atoms with van der Waals surface area (Å²) >= 11 is -0.684. The van der Waals surface area contributed by atoms with Gasteiger partial charge in [0.2, 0.25) is 0 Å². The molecule has 0 radical (unpaired) electrons. The molecule has 0 atom stereocenters. The largest absolute Gasteiger partial charge is 0.650 e. The van der Waals surface area contributed by atoms with Gasteiger partial charge in [-0.25, -0.2) is 0 Å². The van der Waals surface area contributed by atoms with Crippen LogP contribution < -0.4 is 0 Å². The Morgan fingerprint density at radius 1 is 1.06 bits per heavy atom. The zero-order valence-corrected chi connectivity index (χ0v) is 13.7. The number of rotatable bonds is 7. The quantitative estimate of drug-likeness (QED) is 0.402. The number of carbonyl (C=O) groups is 2. The fourth-order valence-corrected chi connectivity index (χ4v) is 1.35. The van der Waals surface area contributed by atoms with E-state index in [1.54, 1.807) is 6.92 Å². The summed E-state index contributed by atoms with van der Waals surface area (Å²) < 4.78 is 15.0. The molecule has 0 N–H and O–H groups in total. The van der Waals surface area contributed by atoms with Crippen molar-refractivity contribution in [2.24, 2.45) is 0 Å². The van der Waals surface area contributed by atoms with E-state index in [0.717, 1.165) is 0 Å². The second kappa shape index (κ2) is 13.0. The predicted molar refractivity (Wildman–Crippen MR) is 71.5 cm³/mol. The molecule has 0 fully saturated rings. The minimum absolute atomic E-state index is 0.103. The van der Waals surface area contributed by atoms with E-state index in [2.05, 4.69) is 4.74 Å². The Morgan fingerprint density at radius 2 is 1.50 bits per heavy atom. The van der Waals surface area contributed by atoms with E-state index in [1.807, 2.05) is 27.7 Å². The molecule has 18 heavy (non-hydrogen) atoms. The summed E-state index contributed by atoms with van der Waals surface area (Å²) in [6.45, 7) is 11.5. The topological polar surface area (TPSA) is 61.8 Å². The Hall–Kier alpha value is -0.408. The number of hydrogen-bond donors (Lipinski definition) is 0. The number of esters is 1. The third kappa shape index (κ3) is 20.9. The van der Waals surface area contributed by atoms with Gasteiger partial charge in [0.05, 0.1) is 6.61 Å². The number of ketones is 1. The van der Waals surface area contributed by atoms with E-state index in [1.165, 1.54) is 6.92 Å². The SMILES string of the molecule is CC(C)[O][AlH][O]C(C)C.CCOC(=O)CC(C)=O. The lowest BCUT2D eigenvalue weighted by Crippen LogP contribution is -2.14. The van der Waals surface area contributed by atoms with Crippen molar-refractivity contribution in [3.63, 3.8) is 0 Å². The Labute approximate surface area is 117 Å². The summed E-state index contributed by atoms with van der Waals surface area (Å²) in [5, 5.41) is 0. The molecule has 0 aromatic carbocycles. The van der Waals surface area contributed by atoms with E-state index >= 15 is 0 Å². The molecule has 0 saturated heterocycles. The average Bonchev–Trinajstić information content (AvgIpc) is 2.16. The van der Waals surface area contributed by atoms with Gasteiger partial charge in [0.25, 0.3) is 0 Å². The minimum Gasteiger partial charge on any atom is -0.479 e. The van der Waals surface area contributed by atoms with Gasteiger partial charge in [-0.05, 0) is 41.5 Å². The van der Waals surface area contributed by atoms with Crippen LogP contribution >= 0.6 is 0 Å². The van der Waals surface area contributed by atoms with Gasteiger partial charge >= 0.3 is 21.9 Å². The van der Waals surface area contributed by atoms with Crippen LogP contribution in [-0.4, -0.2) is 46.5 Å². The van der Waals surface area contributed by atoms with Crippen molar-refractivity contribution in [3.05, 3.63) is 0 Å². The van der Waals surface area contributed by atoms with E-state index < -0.39 is 21.9 Å². The maximum absolute atomic E-state index is 10.4. The van der Waals surface area contributed by atoms with Crippen molar-refractivity contribution < 1.29 is 21.9 Å². The number of hydrogen-bond acceptors (Lipinski definition) is 5. The molecule has 0 bridgehead atoms. The third-order valence-corrected chi connectivity index (χ3v) is 3.11. The second-order valence-corrected chi connectivity index (χ2v) is 5.13. The fourth-order valence-electron chi connectivity index (χ4n) is 0.727. The van der Waals surface area contributed by atoms with Crippen LogP contribution in [0.3, 0.4) is 0 Å². The monoisotopic (exact) mass is 276 g/mol. The lowest BCUT2D eigenvalue weighted by molar-refractivity contribution is -0.145. The second-order valence-electron chi connectivity index (χ2n) is 4.23. The maximum atomic E-state index is 10.4. The minimum atomic E-state index is -0.684.